The van der Waals surface area contributed by atoms with Gasteiger partial charge in [0.1, 0.15) is 19.3 Å². The van der Waals surface area contributed by atoms with Gasteiger partial charge in [-0.05, 0) is 37.5 Å². The van der Waals surface area contributed by atoms with Gasteiger partial charge in [0.25, 0.3) is 0 Å². The van der Waals surface area contributed by atoms with Gasteiger partial charge in [-0.15, -0.1) is 0 Å². The molecular weight excluding hydrogens is 1020 g/mol. The van der Waals surface area contributed by atoms with Gasteiger partial charge in [0.05, 0.1) is 26.4 Å². The van der Waals surface area contributed by atoms with Crippen molar-refractivity contribution in [2.45, 2.75) is 291 Å². The van der Waals surface area contributed by atoms with Gasteiger partial charge in [0.2, 0.25) is 0 Å². The molecule has 3 N–H and O–H groups in total. The van der Waals surface area contributed by atoms with Crippen molar-refractivity contribution < 1.29 is 80.2 Å². The summed E-state index contributed by atoms with van der Waals surface area (Å²) in [6.07, 6.45) is 29.9. The maximum Gasteiger partial charge on any atom is 0.472 e. The van der Waals surface area contributed by atoms with Gasteiger partial charge >= 0.3 is 39.5 Å². The van der Waals surface area contributed by atoms with Crippen molar-refractivity contribution in [3.63, 3.8) is 0 Å². The van der Waals surface area contributed by atoms with Crippen molar-refractivity contribution in [2.75, 3.05) is 39.6 Å². The molecule has 0 heterocycles. The number of aliphatic hydroxyl groups excluding tert-OH is 1. The van der Waals surface area contributed by atoms with Crippen molar-refractivity contribution >= 4 is 39.5 Å². The lowest BCUT2D eigenvalue weighted by atomic mass is 10.0. The second-order valence-electron chi connectivity index (χ2n) is 21.6. The Hall–Kier alpha value is -1.94. The van der Waals surface area contributed by atoms with E-state index in [1.807, 2.05) is 0 Å². The fraction of sp³-hybridized carbons (Fsp3) is 0.930. The largest absolute Gasteiger partial charge is 0.472 e. The van der Waals surface area contributed by atoms with Crippen LogP contribution in [-0.4, -0.2) is 96.7 Å². The van der Waals surface area contributed by atoms with E-state index in [0.717, 1.165) is 121 Å². The number of carbonyl (C=O) groups excluding carboxylic acids is 4. The van der Waals surface area contributed by atoms with Gasteiger partial charge in [-0.1, -0.05) is 221 Å². The summed E-state index contributed by atoms with van der Waals surface area (Å²) in [5.41, 5.74) is 0. The molecule has 2 unspecified atom stereocenters. The molecule has 0 saturated heterocycles. The molecule has 450 valence electrons. The van der Waals surface area contributed by atoms with E-state index < -0.39 is 97.5 Å². The van der Waals surface area contributed by atoms with Crippen LogP contribution in [0.5, 0.6) is 0 Å². The lowest BCUT2D eigenvalue weighted by molar-refractivity contribution is -0.161. The average Bonchev–Trinajstić information content (AvgIpc) is 3.37. The average molecular weight is 1130 g/mol. The number of phosphoric ester groups is 2. The molecule has 0 aliphatic carbocycles. The Morgan fingerprint density at radius 3 is 0.895 bits per heavy atom. The summed E-state index contributed by atoms with van der Waals surface area (Å²) in [6.45, 7) is 9.26. The first-order valence-electron chi connectivity index (χ1n) is 30.0. The van der Waals surface area contributed by atoms with Crippen LogP contribution in [0, 0.1) is 11.8 Å². The maximum absolute atomic E-state index is 12.9. The molecule has 0 amide bonds. The predicted octanol–water partition coefficient (Wildman–Crippen LogP) is 14.9. The number of unbranched alkanes of at least 4 members (excludes halogenated alkanes) is 26. The molecule has 0 aliphatic rings. The number of ether oxygens (including phenoxy) is 4. The highest BCUT2D eigenvalue weighted by atomic mass is 31.2. The molecule has 0 aromatic rings. The van der Waals surface area contributed by atoms with Gasteiger partial charge in [-0.3, -0.25) is 37.3 Å². The highest BCUT2D eigenvalue weighted by Crippen LogP contribution is 2.45. The fourth-order valence-corrected chi connectivity index (χ4v) is 9.87. The molecule has 0 spiro atoms. The Morgan fingerprint density at radius 2 is 0.605 bits per heavy atom. The molecule has 0 rings (SSSR count). The van der Waals surface area contributed by atoms with E-state index in [1.165, 1.54) is 70.6 Å². The van der Waals surface area contributed by atoms with Crippen molar-refractivity contribution in [2.24, 2.45) is 11.8 Å². The van der Waals surface area contributed by atoms with E-state index in [0.29, 0.717) is 25.7 Å². The monoisotopic (exact) mass is 1130 g/mol. The number of carbonyl (C=O) groups is 4. The van der Waals surface area contributed by atoms with Crippen LogP contribution >= 0.6 is 15.6 Å². The molecule has 5 atom stereocenters. The molecule has 0 aromatic carbocycles. The minimum absolute atomic E-state index is 0.102. The zero-order chi connectivity index (χ0) is 56.6. The SMILES string of the molecule is CCCCCCCCCC(=O)O[C@H](COC(=O)CCCCCCC)COP(=O)(O)OC[C@H](O)COP(=O)(O)OC[C@@H](COC(=O)CCCCCCCCCCCC(C)C)OC(=O)CCCCCCCCCCCC(C)C. The van der Waals surface area contributed by atoms with E-state index >= 15 is 0 Å². The van der Waals surface area contributed by atoms with E-state index in [-0.39, 0.29) is 25.7 Å². The predicted molar refractivity (Wildman–Crippen MR) is 298 cm³/mol. The molecule has 0 fully saturated rings. The number of hydrogen-bond acceptors (Lipinski definition) is 15. The molecule has 17 nitrogen and oxygen atoms in total. The standard InChI is InChI=1S/C57H110O17P2/c1-7-9-11-13-20-29-35-41-56(61)73-52(45-67-54(59)39-33-25-12-10-8-2)47-71-75(63,64)69-43-51(58)44-70-76(65,66)72-48-53(74-57(62)42-36-30-24-19-15-17-22-27-32-38-50(5)6)46-68-55(60)40-34-28-23-18-14-16-21-26-31-37-49(3)4/h49-53,58H,7-48H2,1-6H3,(H,63,64)(H,65,66)/t51-,52+,53+/m0/s1. The number of aliphatic hydroxyl groups is 1. The first kappa shape index (κ1) is 74.1. The lowest BCUT2D eigenvalue weighted by Crippen LogP contribution is -2.30. The van der Waals surface area contributed by atoms with E-state index in [1.54, 1.807) is 0 Å². The first-order chi connectivity index (χ1) is 36.4. The van der Waals surface area contributed by atoms with Crippen molar-refractivity contribution in [3.05, 3.63) is 0 Å². The van der Waals surface area contributed by atoms with Crippen molar-refractivity contribution in [3.8, 4) is 0 Å². The van der Waals surface area contributed by atoms with Gasteiger partial charge in [0, 0.05) is 25.7 Å². The third kappa shape index (κ3) is 51.5. The third-order valence-corrected chi connectivity index (χ3v) is 14.9. The minimum atomic E-state index is -4.94. The summed E-state index contributed by atoms with van der Waals surface area (Å²) in [4.78, 5) is 71.5. The Balaban J connectivity index is 5.18. The Bertz CT molecular complexity index is 1510. The maximum atomic E-state index is 12.9. The quantitative estimate of drug-likeness (QED) is 0.0222. The molecule has 0 bridgehead atoms. The number of esters is 4. The third-order valence-electron chi connectivity index (χ3n) is 13.0. The van der Waals surface area contributed by atoms with E-state index in [9.17, 15) is 43.2 Å². The van der Waals surface area contributed by atoms with E-state index in [4.69, 9.17) is 37.0 Å². The number of rotatable bonds is 56. The summed E-state index contributed by atoms with van der Waals surface area (Å²) in [7, 11) is -9.86. The normalized spacial score (nSPS) is 14.5. The Labute approximate surface area is 460 Å². The van der Waals surface area contributed by atoms with Crippen LogP contribution < -0.4 is 0 Å². The molecular formula is C57H110O17P2. The molecule has 0 saturated carbocycles. The molecule has 19 heteroatoms. The smallest absolute Gasteiger partial charge is 0.462 e. The first-order valence-corrected chi connectivity index (χ1v) is 33.0. The molecule has 0 aliphatic heterocycles. The molecule has 0 aromatic heterocycles. The number of hydrogen-bond donors (Lipinski definition) is 3. The van der Waals surface area contributed by atoms with Gasteiger partial charge in [-0.25, -0.2) is 9.13 Å². The van der Waals surface area contributed by atoms with Crippen LogP contribution in [0.4, 0.5) is 0 Å². The van der Waals surface area contributed by atoms with Crippen LogP contribution in [0.1, 0.15) is 273 Å². The zero-order valence-electron chi connectivity index (χ0n) is 48.5. The summed E-state index contributed by atoms with van der Waals surface area (Å²) >= 11 is 0. The second kappa shape index (κ2) is 50.1. The van der Waals surface area contributed by atoms with Gasteiger partial charge in [0.15, 0.2) is 12.2 Å². The topological polar surface area (TPSA) is 237 Å². The van der Waals surface area contributed by atoms with Crippen molar-refractivity contribution in [1.82, 2.24) is 0 Å². The fourth-order valence-electron chi connectivity index (χ4n) is 8.29. The van der Waals surface area contributed by atoms with Gasteiger partial charge < -0.3 is 33.8 Å². The van der Waals surface area contributed by atoms with Crippen LogP contribution in [0.15, 0.2) is 0 Å². The summed E-state index contributed by atoms with van der Waals surface area (Å²) in [6, 6.07) is 0. The summed E-state index contributed by atoms with van der Waals surface area (Å²) < 4.78 is 67.4. The van der Waals surface area contributed by atoms with Crippen LogP contribution in [-0.2, 0) is 65.4 Å². The Kier molecular flexibility index (Phi) is 48.8. The summed E-state index contributed by atoms with van der Waals surface area (Å²) in [5.74, 6) is -0.680. The minimum Gasteiger partial charge on any atom is -0.462 e. The van der Waals surface area contributed by atoms with Crippen LogP contribution in [0.3, 0.4) is 0 Å². The summed E-state index contributed by atoms with van der Waals surface area (Å²) in [5, 5.41) is 10.5. The Morgan fingerprint density at radius 1 is 0.355 bits per heavy atom. The van der Waals surface area contributed by atoms with Crippen LogP contribution in [0.2, 0.25) is 0 Å². The lowest BCUT2D eigenvalue weighted by Gasteiger charge is -2.21. The number of phosphoric acid groups is 2. The molecule has 0 radical (unpaired) electrons. The van der Waals surface area contributed by atoms with E-state index in [2.05, 4.69) is 41.5 Å². The van der Waals surface area contributed by atoms with Gasteiger partial charge in [-0.2, -0.15) is 0 Å². The van der Waals surface area contributed by atoms with Crippen molar-refractivity contribution in [1.29, 1.82) is 0 Å². The highest BCUT2D eigenvalue weighted by molar-refractivity contribution is 7.47. The van der Waals surface area contributed by atoms with Crippen LogP contribution in [0.25, 0.3) is 0 Å². The highest BCUT2D eigenvalue weighted by Gasteiger charge is 2.30. The molecule has 76 heavy (non-hydrogen) atoms. The zero-order valence-corrected chi connectivity index (χ0v) is 50.3. The second-order valence-corrected chi connectivity index (χ2v) is 24.5.